The molecule has 2 N–H and O–H groups in total. The van der Waals surface area contributed by atoms with Gasteiger partial charge in [-0.3, -0.25) is 24.1 Å². The number of rotatable bonds is 6. The fourth-order valence-electron chi connectivity index (χ4n) is 8.22. The Morgan fingerprint density at radius 1 is 1.00 bits per heavy atom. The van der Waals surface area contributed by atoms with E-state index in [9.17, 15) is 36.7 Å². The quantitative estimate of drug-likeness (QED) is 0.165. The van der Waals surface area contributed by atoms with Crippen molar-refractivity contribution >= 4 is 63.8 Å². The van der Waals surface area contributed by atoms with Crippen LogP contribution in [-0.4, -0.2) is 34.6 Å². The second-order valence-corrected chi connectivity index (χ2v) is 15.2. The Labute approximate surface area is 288 Å². The lowest BCUT2D eigenvalue weighted by molar-refractivity contribution is -0.137. The third-order valence-electron chi connectivity index (χ3n) is 9.95. The van der Waals surface area contributed by atoms with Crippen molar-refractivity contribution in [3.8, 4) is 5.75 Å². The van der Waals surface area contributed by atoms with Crippen LogP contribution in [0.4, 0.5) is 28.9 Å². The van der Waals surface area contributed by atoms with Crippen LogP contribution in [0.15, 0.2) is 76.6 Å². The molecule has 49 heavy (non-hydrogen) atoms. The molecule has 15 heteroatoms. The second-order valence-electron chi connectivity index (χ2n) is 12.5. The Morgan fingerprint density at radius 2 is 1.73 bits per heavy atom. The minimum Gasteiger partial charge on any atom is -0.483 e. The molecule has 8 nitrogen and oxygen atoms in total. The van der Waals surface area contributed by atoms with Gasteiger partial charge in [0.2, 0.25) is 11.8 Å². The van der Waals surface area contributed by atoms with Crippen LogP contribution in [0.5, 0.6) is 5.75 Å². The number of carbonyl (C=O) groups excluding carboxylic acids is 3. The van der Waals surface area contributed by atoms with Crippen molar-refractivity contribution in [2.24, 2.45) is 29.6 Å². The first-order chi connectivity index (χ1) is 23.4. The highest BCUT2D eigenvalue weighted by Crippen LogP contribution is 2.69. The number of ether oxygens (including phenoxy) is 1. The van der Waals surface area contributed by atoms with Crippen LogP contribution in [0.2, 0.25) is 5.02 Å². The molecule has 2 aliphatic carbocycles. The molecule has 3 heterocycles. The Balaban J connectivity index is 1.11. The Kier molecular flexibility index (Phi) is 7.68. The van der Waals surface area contributed by atoms with Gasteiger partial charge < -0.3 is 15.0 Å². The van der Waals surface area contributed by atoms with Gasteiger partial charge in [0.25, 0.3) is 5.91 Å². The predicted molar refractivity (Wildman–Crippen MR) is 174 cm³/mol. The topological polar surface area (TPSA) is 109 Å². The molecule has 7 atom stereocenters. The molecule has 0 spiro atoms. The van der Waals surface area contributed by atoms with Gasteiger partial charge in [-0.15, -0.1) is 11.8 Å². The summed E-state index contributed by atoms with van der Waals surface area (Å²) < 4.78 is 59.2. The number of fused-ring (bicyclic) bond motifs is 9. The van der Waals surface area contributed by atoms with Crippen molar-refractivity contribution in [1.29, 1.82) is 0 Å². The number of aromatic amines is 1. The summed E-state index contributed by atoms with van der Waals surface area (Å²) in [4.78, 5) is 57.9. The lowest BCUT2D eigenvalue weighted by Gasteiger charge is -2.43. The zero-order valence-electron chi connectivity index (χ0n) is 25.0. The van der Waals surface area contributed by atoms with E-state index in [1.54, 1.807) is 18.2 Å². The van der Waals surface area contributed by atoms with E-state index in [0.29, 0.717) is 27.7 Å². The Bertz CT molecular complexity index is 2090. The first-order valence-electron chi connectivity index (χ1n) is 15.3. The first-order valence-corrected chi connectivity index (χ1v) is 17.4. The van der Waals surface area contributed by atoms with Gasteiger partial charge in [0.15, 0.2) is 6.61 Å². The standard InChI is InChI=1S/C34H24ClF4N3O5S2/c35-15-4-9-22(47-13-23(43)40-17-3-1-2-14(10-17)34(37,38)39)19(11-15)24-25-20-12-21(28(25)48-30-29(24)49-33(46)41-30)27-26(20)31(44)42(32(27)45)18-7-5-16(36)6-8-18/h1-11,20-21,24-28H,12-13H2,(H,40,43)(H,41,46)/t20-,21-,24-,25?,26?,27?,28?/m1/s1. The Morgan fingerprint density at radius 3 is 2.47 bits per heavy atom. The van der Waals surface area contributed by atoms with E-state index in [4.69, 9.17) is 16.3 Å². The predicted octanol–water partition coefficient (Wildman–Crippen LogP) is 6.94. The van der Waals surface area contributed by atoms with E-state index >= 15 is 0 Å². The van der Waals surface area contributed by atoms with E-state index in [0.717, 1.165) is 28.3 Å². The first kappa shape index (κ1) is 32.1. The summed E-state index contributed by atoms with van der Waals surface area (Å²) in [6, 6.07) is 14.4. The number of thioether (sulfide) groups is 1. The molecule has 3 aromatic carbocycles. The van der Waals surface area contributed by atoms with Gasteiger partial charge in [-0.2, -0.15) is 13.2 Å². The fraction of sp³-hybridized carbons (Fsp3) is 0.294. The van der Waals surface area contributed by atoms with Crippen LogP contribution < -0.4 is 19.8 Å². The molecule has 4 unspecified atom stereocenters. The number of anilines is 2. The molecule has 4 aliphatic rings. The minimum absolute atomic E-state index is 0.0457. The molecule has 4 aromatic rings. The number of nitrogens with one attached hydrogen (secondary N) is 2. The maximum absolute atomic E-state index is 14.0. The van der Waals surface area contributed by atoms with Crippen molar-refractivity contribution in [3.63, 3.8) is 0 Å². The number of thiazole rings is 1. The zero-order chi connectivity index (χ0) is 34.4. The molecule has 2 aliphatic heterocycles. The summed E-state index contributed by atoms with van der Waals surface area (Å²) in [7, 11) is 0. The molecule has 3 fully saturated rings. The lowest BCUT2D eigenvalue weighted by atomic mass is 9.68. The summed E-state index contributed by atoms with van der Waals surface area (Å²) in [5.41, 5.74) is -0.0543. The number of hydrogen-bond donors (Lipinski definition) is 2. The van der Waals surface area contributed by atoms with E-state index in [-0.39, 0.29) is 51.1 Å². The van der Waals surface area contributed by atoms with Gasteiger partial charge in [-0.05, 0) is 84.8 Å². The van der Waals surface area contributed by atoms with Gasteiger partial charge in [-0.25, -0.2) is 4.39 Å². The van der Waals surface area contributed by atoms with Crippen molar-refractivity contribution < 1.29 is 36.7 Å². The van der Waals surface area contributed by atoms with Gasteiger partial charge >= 0.3 is 11.0 Å². The summed E-state index contributed by atoms with van der Waals surface area (Å²) in [5, 5.41) is 3.32. The average Bonchev–Trinajstić information content (AvgIpc) is 3.79. The van der Waals surface area contributed by atoms with Gasteiger partial charge in [0.1, 0.15) is 11.6 Å². The van der Waals surface area contributed by atoms with Crippen LogP contribution in [0.1, 0.15) is 28.3 Å². The van der Waals surface area contributed by atoms with Gasteiger partial charge in [0.05, 0.1) is 28.1 Å². The molecule has 1 aromatic heterocycles. The molecule has 0 radical (unpaired) electrons. The van der Waals surface area contributed by atoms with E-state index in [2.05, 4.69) is 10.3 Å². The molecular weight excluding hydrogens is 706 g/mol. The smallest absolute Gasteiger partial charge is 0.416 e. The van der Waals surface area contributed by atoms with Crippen LogP contribution in [0.3, 0.4) is 0 Å². The third kappa shape index (κ3) is 5.35. The maximum Gasteiger partial charge on any atom is 0.416 e. The van der Waals surface area contributed by atoms with E-state index in [1.165, 1.54) is 53.1 Å². The number of amides is 3. The Hall–Kier alpha value is -4.14. The highest BCUT2D eigenvalue weighted by molar-refractivity contribution is 8.00. The van der Waals surface area contributed by atoms with Crippen LogP contribution in [0, 0.1) is 35.4 Å². The number of alkyl halides is 3. The van der Waals surface area contributed by atoms with Crippen LogP contribution in [-0.2, 0) is 20.6 Å². The minimum atomic E-state index is -4.58. The zero-order valence-corrected chi connectivity index (χ0v) is 27.4. The number of H-pyrrole nitrogens is 1. The number of nitrogens with zero attached hydrogens (tertiary/aromatic N) is 1. The molecule has 8 rings (SSSR count). The lowest BCUT2D eigenvalue weighted by Crippen LogP contribution is -2.42. The summed E-state index contributed by atoms with van der Waals surface area (Å²) >= 11 is 9.05. The maximum atomic E-state index is 14.0. The number of benzene rings is 3. The van der Waals surface area contributed by atoms with Crippen molar-refractivity contribution in [1.82, 2.24) is 4.98 Å². The molecular formula is C34H24ClF4N3O5S2. The highest BCUT2D eigenvalue weighted by atomic mass is 35.5. The second kappa shape index (κ2) is 11.7. The van der Waals surface area contributed by atoms with E-state index < -0.39 is 47.8 Å². The number of carbonyl (C=O) groups is 3. The molecule has 3 amide bonds. The van der Waals surface area contributed by atoms with Crippen molar-refractivity contribution in [2.75, 3.05) is 16.8 Å². The largest absolute Gasteiger partial charge is 0.483 e. The third-order valence-corrected chi connectivity index (χ3v) is 12.8. The number of imide groups is 1. The molecule has 1 saturated heterocycles. The number of aromatic nitrogens is 1. The SMILES string of the molecule is O=C(COc1ccc(Cl)cc1[C@H]1c2sc(=O)[nH]c2SC2C1[C@H]1C[C@@H]2C2C(=O)N(c3ccc(F)cc3)C(=O)C21)Nc1cccc(C(F)(F)F)c1. The van der Waals surface area contributed by atoms with Gasteiger partial charge in [-0.1, -0.05) is 29.0 Å². The van der Waals surface area contributed by atoms with Gasteiger partial charge in [0, 0.05) is 32.3 Å². The summed E-state index contributed by atoms with van der Waals surface area (Å²) in [6.45, 7) is -0.535. The monoisotopic (exact) mass is 729 g/mol. The highest BCUT2D eigenvalue weighted by Gasteiger charge is 2.70. The average molecular weight is 730 g/mol. The van der Waals surface area contributed by atoms with Crippen molar-refractivity contribution in [3.05, 3.63) is 103 Å². The molecule has 252 valence electrons. The van der Waals surface area contributed by atoms with E-state index in [1.807, 2.05) is 0 Å². The molecule has 2 saturated carbocycles. The van der Waals surface area contributed by atoms with Crippen molar-refractivity contribution in [2.45, 2.75) is 28.8 Å². The van der Waals surface area contributed by atoms with Crippen LogP contribution in [0.25, 0.3) is 0 Å². The molecule has 2 bridgehead atoms. The fourth-order valence-corrected chi connectivity index (χ4v) is 11.3. The normalized spacial score (nSPS) is 26.8. The summed E-state index contributed by atoms with van der Waals surface area (Å²) in [5.74, 6) is -3.80. The number of hydrogen-bond acceptors (Lipinski definition) is 7. The summed E-state index contributed by atoms with van der Waals surface area (Å²) in [6.07, 6.45) is -3.96. The number of halogens is 5. The van der Waals surface area contributed by atoms with Crippen LogP contribution >= 0.6 is 34.7 Å².